The molecule has 0 aromatic rings. The number of piperidine rings is 1. The molecule has 0 radical (unpaired) electrons. The van der Waals surface area contributed by atoms with Crippen molar-refractivity contribution in [2.24, 2.45) is 0 Å². The van der Waals surface area contributed by atoms with Crippen LogP contribution in [-0.4, -0.2) is 36.6 Å². The van der Waals surface area contributed by atoms with E-state index in [1.807, 2.05) is 0 Å². The number of carbonyl (C=O) groups is 1. The van der Waals surface area contributed by atoms with Gasteiger partial charge in [-0.25, -0.2) is 0 Å². The molecule has 0 aromatic heterocycles. The maximum Gasteiger partial charge on any atom is 0.323 e. The van der Waals surface area contributed by atoms with Crippen LogP contribution in [0.5, 0.6) is 0 Å². The van der Waals surface area contributed by atoms with E-state index < -0.39 is 0 Å². The molecule has 0 amide bonds. The van der Waals surface area contributed by atoms with Crippen molar-refractivity contribution in [2.75, 3.05) is 13.7 Å². The fourth-order valence-electron chi connectivity index (χ4n) is 2.81. The number of ether oxygens (including phenoxy) is 1. The summed E-state index contributed by atoms with van der Waals surface area (Å²) in [5.41, 5.74) is 0. The van der Waals surface area contributed by atoms with E-state index in [9.17, 15) is 4.79 Å². The topological polar surface area (TPSA) is 29.5 Å². The molecule has 0 N–H and O–H groups in total. The summed E-state index contributed by atoms with van der Waals surface area (Å²) in [6.07, 6.45) is 11.4. The minimum atomic E-state index is -0.0568. The Morgan fingerprint density at radius 2 is 2.19 bits per heavy atom. The average molecular weight is 223 g/mol. The van der Waals surface area contributed by atoms with Crippen molar-refractivity contribution in [1.82, 2.24) is 4.90 Å². The summed E-state index contributed by atoms with van der Waals surface area (Å²) in [6.45, 7) is 1.04. The number of nitrogens with zero attached hydrogens (tertiary/aromatic N) is 1. The Hall–Kier alpha value is -0.830. The third-order valence-corrected chi connectivity index (χ3v) is 3.67. The zero-order valence-corrected chi connectivity index (χ0v) is 10.0. The Morgan fingerprint density at radius 1 is 1.31 bits per heavy atom. The highest BCUT2D eigenvalue weighted by molar-refractivity contribution is 5.75. The van der Waals surface area contributed by atoms with E-state index in [0.29, 0.717) is 6.04 Å². The lowest BCUT2D eigenvalue weighted by Gasteiger charge is -2.39. The highest BCUT2D eigenvalue weighted by Crippen LogP contribution is 2.25. The SMILES string of the molecule is COC(=O)C1CCCCN1C1C=CCCC1. The van der Waals surface area contributed by atoms with E-state index >= 15 is 0 Å². The van der Waals surface area contributed by atoms with Gasteiger partial charge in [-0.3, -0.25) is 9.69 Å². The van der Waals surface area contributed by atoms with Crippen LogP contribution in [0.1, 0.15) is 38.5 Å². The second kappa shape index (κ2) is 5.48. The molecule has 2 atom stereocenters. The van der Waals surface area contributed by atoms with Crippen LogP contribution in [0.4, 0.5) is 0 Å². The molecule has 90 valence electrons. The lowest BCUT2D eigenvalue weighted by atomic mass is 9.95. The molecule has 0 saturated carbocycles. The monoisotopic (exact) mass is 223 g/mol. The van der Waals surface area contributed by atoms with Crippen LogP contribution in [0.3, 0.4) is 0 Å². The van der Waals surface area contributed by atoms with Crippen LogP contribution < -0.4 is 0 Å². The van der Waals surface area contributed by atoms with Crippen molar-refractivity contribution in [3.8, 4) is 0 Å². The quantitative estimate of drug-likeness (QED) is 0.530. The zero-order chi connectivity index (χ0) is 11.4. The van der Waals surface area contributed by atoms with Crippen LogP contribution >= 0.6 is 0 Å². The predicted octanol–water partition coefficient (Wildman–Crippen LogP) is 2.12. The lowest BCUT2D eigenvalue weighted by molar-refractivity contribution is -0.149. The molecule has 0 aromatic carbocycles. The van der Waals surface area contributed by atoms with Crippen LogP contribution in [0.15, 0.2) is 12.2 Å². The number of esters is 1. The molecule has 1 fully saturated rings. The van der Waals surface area contributed by atoms with Gasteiger partial charge in [-0.15, -0.1) is 0 Å². The van der Waals surface area contributed by atoms with E-state index in [1.165, 1.54) is 32.8 Å². The van der Waals surface area contributed by atoms with Gasteiger partial charge in [-0.2, -0.15) is 0 Å². The summed E-state index contributed by atoms with van der Waals surface area (Å²) >= 11 is 0. The first-order chi connectivity index (χ1) is 7.83. The maximum absolute atomic E-state index is 11.7. The van der Waals surface area contributed by atoms with Crippen molar-refractivity contribution in [1.29, 1.82) is 0 Å². The Bertz CT molecular complexity index is 275. The number of hydrogen-bond donors (Lipinski definition) is 0. The minimum absolute atomic E-state index is 0.00787. The lowest BCUT2D eigenvalue weighted by Crippen LogP contribution is -2.50. The molecule has 3 heteroatoms. The molecule has 2 aliphatic rings. The summed E-state index contributed by atoms with van der Waals surface area (Å²) in [7, 11) is 1.49. The van der Waals surface area contributed by atoms with Gasteiger partial charge in [-0.05, 0) is 38.6 Å². The van der Waals surface area contributed by atoms with Gasteiger partial charge < -0.3 is 4.74 Å². The summed E-state index contributed by atoms with van der Waals surface area (Å²) in [5, 5.41) is 0. The summed E-state index contributed by atoms with van der Waals surface area (Å²) in [4.78, 5) is 14.1. The fraction of sp³-hybridized carbons (Fsp3) is 0.769. The largest absolute Gasteiger partial charge is 0.468 e. The van der Waals surface area contributed by atoms with Crippen LogP contribution in [0, 0.1) is 0 Å². The first-order valence-corrected chi connectivity index (χ1v) is 6.33. The number of methoxy groups -OCH3 is 1. The molecular formula is C13H21NO2. The van der Waals surface area contributed by atoms with E-state index in [4.69, 9.17) is 4.74 Å². The first kappa shape index (κ1) is 11.6. The second-order valence-electron chi connectivity index (χ2n) is 4.70. The molecule has 1 heterocycles. The Morgan fingerprint density at radius 3 is 2.88 bits per heavy atom. The van der Waals surface area contributed by atoms with E-state index in [-0.39, 0.29) is 12.0 Å². The number of hydrogen-bond acceptors (Lipinski definition) is 3. The summed E-state index contributed by atoms with van der Waals surface area (Å²) in [5.74, 6) is -0.0568. The molecule has 2 unspecified atom stereocenters. The van der Waals surface area contributed by atoms with E-state index in [2.05, 4.69) is 17.1 Å². The van der Waals surface area contributed by atoms with Crippen molar-refractivity contribution in [2.45, 2.75) is 50.6 Å². The van der Waals surface area contributed by atoms with Gasteiger partial charge in [0.15, 0.2) is 0 Å². The standard InChI is InChI=1S/C13H21NO2/c1-16-13(15)12-9-5-6-10-14(12)11-7-3-2-4-8-11/h3,7,11-12H,2,4-6,8-10H2,1H3. The number of allylic oxidation sites excluding steroid dienone is 1. The third-order valence-electron chi connectivity index (χ3n) is 3.67. The van der Waals surface area contributed by atoms with E-state index in [0.717, 1.165) is 19.4 Å². The smallest absolute Gasteiger partial charge is 0.323 e. The Kier molecular flexibility index (Phi) is 3.99. The highest BCUT2D eigenvalue weighted by Gasteiger charge is 2.33. The van der Waals surface area contributed by atoms with Gasteiger partial charge in [0.1, 0.15) is 6.04 Å². The zero-order valence-electron chi connectivity index (χ0n) is 10.0. The number of likely N-dealkylation sites (tertiary alicyclic amines) is 1. The molecule has 3 nitrogen and oxygen atoms in total. The van der Waals surface area contributed by atoms with Crippen LogP contribution in [-0.2, 0) is 9.53 Å². The summed E-state index contributed by atoms with van der Waals surface area (Å²) in [6, 6.07) is 0.449. The fourth-order valence-corrected chi connectivity index (χ4v) is 2.81. The maximum atomic E-state index is 11.7. The minimum Gasteiger partial charge on any atom is -0.468 e. The number of rotatable bonds is 2. The predicted molar refractivity (Wildman–Crippen MR) is 63.1 cm³/mol. The molecule has 0 spiro atoms. The Balaban J connectivity index is 2.06. The molecule has 16 heavy (non-hydrogen) atoms. The molecule has 1 aliphatic carbocycles. The van der Waals surface area contributed by atoms with Gasteiger partial charge in [0.05, 0.1) is 7.11 Å². The Labute approximate surface area is 97.5 Å². The van der Waals surface area contributed by atoms with Crippen LogP contribution in [0.25, 0.3) is 0 Å². The van der Waals surface area contributed by atoms with Gasteiger partial charge >= 0.3 is 5.97 Å². The molecular weight excluding hydrogens is 202 g/mol. The van der Waals surface area contributed by atoms with Crippen molar-refractivity contribution in [3.05, 3.63) is 12.2 Å². The summed E-state index contributed by atoms with van der Waals surface area (Å²) < 4.78 is 4.91. The van der Waals surface area contributed by atoms with Gasteiger partial charge in [-0.1, -0.05) is 18.6 Å². The first-order valence-electron chi connectivity index (χ1n) is 6.33. The van der Waals surface area contributed by atoms with Crippen molar-refractivity contribution in [3.63, 3.8) is 0 Å². The normalized spacial score (nSPS) is 31.3. The van der Waals surface area contributed by atoms with Crippen molar-refractivity contribution < 1.29 is 9.53 Å². The third kappa shape index (κ3) is 2.46. The van der Waals surface area contributed by atoms with Gasteiger partial charge in [0.2, 0.25) is 0 Å². The molecule has 0 bridgehead atoms. The van der Waals surface area contributed by atoms with Crippen molar-refractivity contribution >= 4 is 5.97 Å². The van der Waals surface area contributed by atoms with Gasteiger partial charge in [0.25, 0.3) is 0 Å². The molecule has 2 rings (SSSR count). The van der Waals surface area contributed by atoms with Gasteiger partial charge in [0, 0.05) is 6.04 Å². The molecule has 1 saturated heterocycles. The number of carbonyl (C=O) groups excluding carboxylic acids is 1. The molecule has 1 aliphatic heterocycles. The average Bonchev–Trinajstić information content (AvgIpc) is 2.39. The highest BCUT2D eigenvalue weighted by atomic mass is 16.5. The second-order valence-corrected chi connectivity index (χ2v) is 4.70. The van der Waals surface area contributed by atoms with E-state index in [1.54, 1.807) is 0 Å². The van der Waals surface area contributed by atoms with Crippen LogP contribution in [0.2, 0.25) is 0 Å².